The van der Waals surface area contributed by atoms with Crippen LogP contribution in [0.5, 0.6) is 0 Å². The normalized spacial score (nSPS) is 14.5. The van der Waals surface area contributed by atoms with Crippen LogP contribution in [0.1, 0.15) is 20.8 Å². The first-order valence-electron chi connectivity index (χ1n) is 4.13. The Hall–Kier alpha value is -0.860. The Morgan fingerprint density at radius 1 is 1.47 bits per heavy atom. The first kappa shape index (κ1) is 14.1. The highest BCUT2D eigenvalue weighted by atomic mass is 32.2. The van der Waals surface area contributed by atoms with Crippen molar-refractivity contribution in [2.24, 2.45) is 0 Å². The minimum absolute atomic E-state index is 0.631. The molecule has 0 fully saturated rings. The Bertz CT molecular complexity index is 317. The van der Waals surface area contributed by atoms with Crippen LogP contribution < -0.4 is 5.32 Å². The maximum absolute atomic E-state index is 11.0. The van der Waals surface area contributed by atoms with Crippen LogP contribution in [-0.2, 0) is 14.9 Å². The fraction of sp³-hybridized carbons (Fsp3) is 0.857. The first-order chi connectivity index (χ1) is 6.52. The van der Waals surface area contributed by atoms with Gasteiger partial charge in [-0.15, -0.1) is 0 Å². The summed E-state index contributed by atoms with van der Waals surface area (Å²) in [5.41, 5.74) is -2.77. The lowest BCUT2D eigenvalue weighted by molar-refractivity contribution is 0.0510. The van der Waals surface area contributed by atoms with E-state index in [4.69, 9.17) is 14.4 Å². The molecule has 7 nitrogen and oxygen atoms in total. The molecule has 3 N–H and O–H groups in total. The molecule has 0 saturated carbocycles. The summed E-state index contributed by atoms with van der Waals surface area (Å²) in [6.07, 6.45) is -0.870. The van der Waals surface area contributed by atoms with Gasteiger partial charge in [-0.3, -0.25) is 4.55 Å². The van der Waals surface area contributed by atoms with Gasteiger partial charge in [0, 0.05) is 0 Å². The van der Waals surface area contributed by atoms with Crippen molar-refractivity contribution in [3.05, 3.63) is 0 Å². The minimum Gasteiger partial charge on any atom is -0.444 e. The van der Waals surface area contributed by atoms with E-state index < -0.39 is 33.8 Å². The number of rotatable bonds is 3. The summed E-state index contributed by atoms with van der Waals surface area (Å²) in [5.74, 6) is 0. The van der Waals surface area contributed by atoms with Gasteiger partial charge in [0.15, 0.2) is 5.44 Å². The molecule has 0 bridgehead atoms. The molecule has 1 unspecified atom stereocenters. The summed E-state index contributed by atoms with van der Waals surface area (Å²) >= 11 is 0. The second kappa shape index (κ2) is 4.77. The molecule has 0 saturated heterocycles. The number of carbonyl (C=O) groups is 1. The summed E-state index contributed by atoms with van der Waals surface area (Å²) in [6, 6.07) is 0. The van der Waals surface area contributed by atoms with E-state index >= 15 is 0 Å². The predicted molar refractivity (Wildman–Crippen MR) is 51.8 cm³/mol. The number of hydrogen-bond acceptors (Lipinski definition) is 5. The van der Waals surface area contributed by atoms with Crippen LogP contribution in [-0.4, -0.2) is 41.8 Å². The molecule has 15 heavy (non-hydrogen) atoms. The highest BCUT2D eigenvalue weighted by molar-refractivity contribution is 7.86. The summed E-state index contributed by atoms with van der Waals surface area (Å²) in [5, 5.41) is 10.8. The minimum atomic E-state index is -4.56. The van der Waals surface area contributed by atoms with Gasteiger partial charge in [0.1, 0.15) is 5.60 Å². The number of hydrogen-bond donors (Lipinski definition) is 3. The van der Waals surface area contributed by atoms with E-state index in [0.29, 0.717) is 0 Å². The largest absolute Gasteiger partial charge is 0.444 e. The molecule has 0 rings (SSSR count). The van der Waals surface area contributed by atoms with Crippen molar-refractivity contribution < 1.29 is 27.6 Å². The zero-order chi connectivity index (χ0) is 12.3. The Kier molecular flexibility index (Phi) is 4.50. The van der Waals surface area contributed by atoms with Crippen LogP contribution in [0.3, 0.4) is 0 Å². The van der Waals surface area contributed by atoms with Crippen molar-refractivity contribution in [3.8, 4) is 0 Å². The molecule has 0 aromatic rings. The molecule has 1 amide bonds. The van der Waals surface area contributed by atoms with E-state index in [9.17, 15) is 13.2 Å². The van der Waals surface area contributed by atoms with E-state index in [1.807, 2.05) is 5.32 Å². The van der Waals surface area contributed by atoms with Crippen molar-refractivity contribution in [1.29, 1.82) is 0 Å². The van der Waals surface area contributed by atoms with Crippen molar-refractivity contribution in [1.82, 2.24) is 5.32 Å². The molecule has 0 aromatic heterocycles. The lowest BCUT2D eigenvalue weighted by Crippen LogP contribution is -2.39. The van der Waals surface area contributed by atoms with Crippen LogP contribution in [0, 0.1) is 0 Å². The SMILES string of the molecule is CC(C)(C)OC(=O)NCC(O)S(=O)(=O)O. The van der Waals surface area contributed by atoms with Crippen molar-refractivity contribution in [3.63, 3.8) is 0 Å². The third-order valence-electron chi connectivity index (χ3n) is 1.16. The quantitative estimate of drug-likeness (QED) is 0.585. The Labute approximate surface area is 88.2 Å². The van der Waals surface area contributed by atoms with Crippen LogP contribution in [0.2, 0.25) is 0 Å². The van der Waals surface area contributed by atoms with E-state index in [2.05, 4.69) is 0 Å². The zero-order valence-corrected chi connectivity index (χ0v) is 9.54. The summed E-state index contributed by atoms with van der Waals surface area (Å²) in [4.78, 5) is 11.0. The molecular formula is C7H15NO6S. The molecule has 0 spiro atoms. The molecule has 0 aliphatic carbocycles. The molecule has 90 valence electrons. The summed E-state index contributed by atoms with van der Waals surface area (Å²) in [6.45, 7) is 4.26. The number of ether oxygens (including phenoxy) is 1. The Morgan fingerprint density at radius 2 is 1.93 bits per heavy atom. The van der Waals surface area contributed by atoms with Crippen LogP contribution >= 0.6 is 0 Å². The molecule has 0 aliphatic rings. The van der Waals surface area contributed by atoms with Gasteiger partial charge < -0.3 is 15.2 Å². The molecule has 0 radical (unpaired) electrons. The molecular weight excluding hydrogens is 226 g/mol. The average Bonchev–Trinajstić information content (AvgIpc) is 1.94. The molecule has 8 heteroatoms. The lowest BCUT2D eigenvalue weighted by atomic mass is 10.2. The first-order valence-corrected chi connectivity index (χ1v) is 5.64. The van der Waals surface area contributed by atoms with E-state index in [1.54, 1.807) is 20.8 Å². The van der Waals surface area contributed by atoms with Gasteiger partial charge in [0.25, 0.3) is 10.1 Å². The van der Waals surface area contributed by atoms with Gasteiger partial charge in [-0.25, -0.2) is 4.79 Å². The number of amides is 1. The third-order valence-corrected chi connectivity index (χ3v) is 2.02. The number of nitrogens with one attached hydrogen (secondary N) is 1. The van der Waals surface area contributed by atoms with Crippen molar-refractivity contribution in [2.45, 2.75) is 31.8 Å². The number of aliphatic hydroxyl groups is 1. The summed E-state index contributed by atoms with van der Waals surface area (Å²) in [7, 11) is -4.56. The Morgan fingerprint density at radius 3 is 2.27 bits per heavy atom. The van der Waals surface area contributed by atoms with Gasteiger partial charge in [-0.1, -0.05) is 0 Å². The maximum atomic E-state index is 11.0. The summed E-state index contributed by atoms with van der Waals surface area (Å²) < 4.78 is 33.8. The van der Waals surface area contributed by atoms with E-state index in [0.717, 1.165) is 0 Å². The lowest BCUT2D eigenvalue weighted by Gasteiger charge is -2.20. The number of aliphatic hydroxyl groups excluding tert-OH is 1. The monoisotopic (exact) mass is 241 g/mol. The van der Waals surface area contributed by atoms with Gasteiger partial charge >= 0.3 is 6.09 Å². The van der Waals surface area contributed by atoms with Crippen molar-refractivity contribution >= 4 is 16.2 Å². The van der Waals surface area contributed by atoms with Crippen molar-refractivity contribution in [2.75, 3.05) is 6.54 Å². The third kappa shape index (κ3) is 7.11. The molecule has 0 aliphatic heterocycles. The fourth-order valence-electron chi connectivity index (χ4n) is 0.590. The number of alkyl carbamates (subject to hydrolysis) is 1. The molecule has 0 heterocycles. The zero-order valence-electron chi connectivity index (χ0n) is 8.72. The topological polar surface area (TPSA) is 113 Å². The maximum Gasteiger partial charge on any atom is 0.407 e. The fourth-order valence-corrected chi connectivity index (χ4v) is 0.884. The van der Waals surface area contributed by atoms with E-state index in [1.165, 1.54) is 0 Å². The van der Waals surface area contributed by atoms with Gasteiger partial charge in [-0.2, -0.15) is 8.42 Å². The highest BCUT2D eigenvalue weighted by Crippen LogP contribution is 2.06. The van der Waals surface area contributed by atoms with Crippen LogP contribution in [0.15, 0.2) is 0 Å². The van der Waals surface area contributed by atoms with E-state index in [-0.39, 0.29) is 0 Å². The highest BCUT2D eigenvalue weighted by Gasteiger charge is 2.22. The molecule has 0 aromatic carbocycles. The molecule has 1 atom stereocenters. The Balaban J connectivity index is 4.03. The second-order valence-corrected chi connectivity index (χ2v) is 5.43. The van der Waals surface area contributed by atoms with Gasteiger partial charge in [0.05, 0.1) is 6.54 Å². The second-order valence-electron chi connectivity index (χ2n) is 3.85. The van der Waals surface area contributed by atoms with Gasteiger partial charge in [-0.05, 0) is 20.8 Å². The van der Waals surface area contributed by atoms with Gasteiger partial charge in [0.2, 0.25) is 0 Å². The predicted octanol–water partition coefficient (Wildman–Crippen LogP) is -0.283. The van der Waals surface area contributed by atoms with Crippen LogP contribution in [0.4, 0.5) is 4.79 Å². The van der Waals surface area contributed by atoms with Crippen LogP contribution in [0.25, 0.3) is 0 Å². The standard InChI is InChI=1S/C7H15NO6S/c1-7(2,3)14-6(10)8-4-5(9)15(11,12)13/h5,9H,4H2,1-3H3,(H,8,10)(H,11,12,13). The smallest absolute Gasteiger partial charge is 0.407 e. The number of carbonyl (C=O) groups excluding carboxylic acids is 1. The average molecular weight is 241 g/mol.